The van der Waals surface area contributed by atoms with Gasteiger partial charge in [0.1, 0.15) is 5.78 Å². The fraction of sp³-hybridized carbons (Fsp3) is 0.889. The van der Waals surface area contributed by atoms with Gasteiger partial charge in [0.2, 0.25) is 0 Å². The van der Waals surface area contributed by atoms with Crippen molar-refractivity contribution in [2.45, 2.75) is 20.3 Å². The number of carbonyl (C=O) groups is 1. The van der Waals surface area contributed by atoms with E-state index in [1.54, 1.807) is 6.92 Å². The fourth-order valence-corrected chi connectivity index (χ4v) is 1.21. The van der Waals surface area contributed by atoms with Crippen LogP contribution < -0.4 is 0 Å². The number of hydrogen-bond acceptors (Lipinski definition) is 1. The summed E-state index contributed by atoms with van der Waals surface area (Å²) in [4.78, 5) is 11.0. The maximum Gasteiger partial charge on any atom is 0.138 e. The van der Waals surface area contributed by atoms with Crippen molar-refractivity contribution in [3.63, 3.8) is 0 Å². The van der Waals surface area contributed by atoms with Gasteiger partial charge in [-0.3, -0.25) is 4.79 Å². The van der Waals surface area contributed by atoms with Crippen LogP contribution in [-0.2, 0) is 4.79 Å². The van der Waals surface area contributed by atoms with Gasteiger partial charge in [-0.05, 0) is 13.3 Å². The third-order valence-electron chi connectivity index (χ3n) is 1.84. The molecule has 0 aliphatic carbocycles. The molecule has 11 heavy (non-hydrogen) atoms. The normalized spacial score (nSPS) is 14.6. The smallest absolute Gasteiger partial charge is 0.138 e. The van der Waals surface area contributed by atoms with Crippen molar-refractivity contribution in [2.24, 2.45) is 5.92 Å². The molecule has 66 valence electrons. The molecule has 1 unspecified atom stereocenters. The Balaban J connectivity index is 3.99. The van der Waals surface area contributed by atoms with Crippen molar-refractivity contribution in [1.29, 1.82) is 0 Å². The lowest BCUT2D eigenvalue weighted by molar-refractivity contribution is -0.872. The van der Waals surface area contributed by atoms with Crippen LogP contribution in [-0.4, -0.2) is 38.0 Å². The van der Waals surface area contributed by atoms with Crippen LogP contribution in [0, 0.1) is 5.92 Å². The van der Waals surface area contributed by atoms with Crippen LogP contribution in [0.5, 0.6) is 0 Å². The van der Waals surface area contributed by atoms with Crippen LogP contribution in [0.4, 0.5) is 0 Å². The summed E-state index contributed by atoms with van der Waals surface area (Å²) in [6.45, 7) is 4.71. The maximum absolute atomic E-state index is 11.0. The lowest BCUT2D eigenvalue weighted by atomic mass is 10.0. The second-order valence-electron chi connectivity index (χ2n) is 4.19. The van der Waals surface area contributed by atoms with E-state index < -0.39 is 0 Å². The molecule has 0 saturated heterocycles. The Morgan fingerprint density at radius 2 is 1.82 bits per heavy atom. The third kappa shape index (κ3) is 4.96. The lowest BCUT2D eigenvalue weighted by Gasteiger charge is -2.27. The topological polar surface area (TPSA) is 17.1 Å². The summed E-state index contributed by atoms with van der Waals surface area (Å²) in [5.41, 5.74) is 0. The van der Waals surface area contributed by atoms with Gasteiger partial charge in [0.25, 0.3) is 0 Å². The molecule has 0 aromatic carbocycles. The summed E-state index contributed by atoms with van der Waals surface area (Å²) in [6, 6.07) is 0. The van der Waals surface area contributed by atoms with E-state index in [4.69, 9.17) is 0 Å². The van der Waals surface area contributed by atoms with Gasteiger partial charge in [-0.2, -0.15) is 0 Å². The van der Waals surface area contributed by atoms with Crippen LogP contribution in [0.1, 0.15) is 20.3 Å². The number of ketones is 1. The van der Waals surface area contributed by atoms with E-state index >= 15 is 0 Å². The monoisotopic (exact) mass is 158 g/mol. The molecule has 2 heteroatoms. The molecule has 0 amide bonds. The molecule has 0 aliphatic rings. The maximum atomic E-state index is 11.0. The van der Waals surface area contributed by atoms with E-state index in [1.807, 2.05) is 0 Å². The van der Waals surface area contributed by atoms with Crippen molar-refractivity contribution in [3.05, 3.63) is 0 Å². The molecule has 0 aromatic heterocycles. The summed E-state index contributed by atoms with van der Waals surface area (Å²) in [5.74, 6) is 0.565. The quantitative estimate of drug-likeness (QED) is 0.564. The molecular weight excluding hydrogens is 138 g/mol. The molecule has 1 atom stereocenters. The van der Waals surface area contributed by atoms with E-state index in [9.17, 15) is 4.79 Å². The predicted molar refractivity (Wildman–Crippen MR) is 47.4 cm³/mol. The lowest BCUT2D eigenvalue weighted by Crippen LogP contribution is -2.40. The minimum absolute atomic E-state index is 0.245. The number of Topliss-reactive ketones (excluding diaryl/α,β-unsaturated/α-hetero) is 1. The average Bonchev–Trinajstić information content (AvgIpc) is 1.80. The van der Waals surface area contributed by atoms with Crippen molar-refractivity contribution >= 4 is 5.78 Å². The first-order valence-corrected chi connectivity index (χ1v) is 4.17. The molecule has 0 aliphatic heterocycles. The number of rotatable bonds is 4. The van der Waals surface area contributed by atoms with E-state index in [0.29, 0.717) is 5.78 Å². The summed E-state index contributed by atoms with van der Waals surface area (Å²) in [7, 11) is 6.35. The molecule has 2 nitrogen and oxygen atoms in total. The van der Waals surface area contributed by atoms with Crippen molar-refractivity contribution < 1.29 is 9.28 Å². The van der Waals surface area contributed by atoms with E-state index in [2.05, 4.69) is 28.1 Å². The first kappa shape index (κ1) is 10.6. The minimum Gasteiger partial charge on any atom is -0.330 e. The van der Waals surface area contributed by atoms with E-state index in [0.717, 1.165) is 17.4 Å². The molecule has 0 fully saturated rings. The Hall–Kier alpha value is -0.370. The zero-order valence-corrected chi connectivity index (χ0v) is 8.35. The molecule has 0 spiro atoms. The Bertz CT molecular complexity index is 135. The summed E-state index contributed by atoms with van der Waals surface area (Å²) < 4.78 is 0.873. The first-order valence-electron chi connectivity index (χ1n) is 4.17. The second-order valence-corrected chi connectivity index (χ2v) is 4.19. The summed E-state index contributed by atoms with van der Waals surface area (Å²) in [5, 5.41) is 0. The number of quaternary nitrogens is 1. The van der Waals surface area contributed by atoms with Crippen LogP contribution in [0.3, 0.4) is 0 Å². The predicted octanol–water partition coefficient (Wildman–Crippen LogP) is 1.31. The van der Waals surface area contributed by atoms with E-state index in [1.165, 1.54) is 0 Å². The van der Waals surface area contributed by atoms with Gasteiger partial charge < -0.3 is 4.48 Å². The molecule has 0 saturated carbocycles. The molecule has 0 rings (SSSR count). The van der Waals surface area contributed by atoms with Crippen LogP contribution in [0.15, 0.2) is 0 Å². The van der Waals surface area contributed by atoms with Gasteiger partial charge >= 0.3 is 0 Å². The zero-order valence-electron chi connectivity index (χ0n) is 8.35. The Morgan fingerprint density at radius 3 is 1.91 bits per heavy atom. The Morgan fingerprint density at radius 1 is 1.36 bits per heavy atom. The average molecular weight is 158 g/mol. The van der Waals surface area contributed by atoms with Crippen LogP contribution >= 0.6 is 0 Å². The summed E-state index contributed by atoms with van der Waals surface area (Å²) >= 11 is 0. The second kappa shape index (κ2) is 3.86. The standard InChI is InChI=1S/C9H20NO/c1-6-9(8(2)11)7-10(3,4)5/h9H,6-7H2,1-5H3/q+1. The van der Waals surface area contributed by atoms with Gasteiger partial charge in [0.05, 0.1) is 33.6 Å². The van der Waals surface area contributed by atoms with Crippen LogP contribution in [0.2, 0.25) is 0 Å². The number of carbonyl (C=O) groups excluding carboxylic acids is 1. The third-order valence-corrected chi connectivity index (χ3v) is 1.84. The molecule has 0 heterocycles. The molecular formula is C9H20NO+. The first-order chi connectivity index (χ1) is 4.87. The molecule has 0 aromatic rings. The van der Waals surface area contributed by atoms with Crippen molar-refractivity contribution in [2.75, 3.05) is 27.7 Å². The highest BCUT2D eigenvalue weighted by Crippen LogP contribution is 2.08. The molecule has 0 radical (unpaired) electrons. The highest BCUT2D eigenvalue weighted by Gasteiger charge is 2.19. The van der Waals surface area contributed by atoms with Gasteiger partial charge in [-0.15, -0.1) is 0 Å². The van der Waals surface area contributed by atoms with Gasteiger partial charge in [-0.1, -0.05) is 6.92 Å². The number of nitrogens with zero attached hydrogens (tertiary/aromatic N) is 1. The van der Waals surface area contributed by atoms with Gasteiger partial charge in [0.15, 0.2) is 0 Å². The van der Waals surface area contributed by atoms with Gasteiger partial charge in [0, 0.05) is 0 Å². The SMILES string of the molecule is CCC(C[N+](C)(C)C)C(C)=O. The van der Waals surface area contributed by atoms with Gasteiger partial charge in [-0.25, -0.2) is 0 Å². The van der Waals surface area contributed by atoms with E-state index in [-0.39, 0.29) is 5.92 Å². The van der Waals surface area contributed by atoms with Crippen molar-refractivity contribution in [1.82, 2.24) is 0 Å². The largest absolute Gasteiger partial charge is 0.330 e. The summed E-state index contributed by atoms with van der Waals surface area (Å²) in [6.07, 6.45) is 0.963. The zero-order chi connectivity index (χ0) is 9.07. The Labute approximate surface area is 69.8 Å². The fourth-order valence-electron chi connectivity index (χ4n) is 1.21. The minimum atomic E-state index is 0.245. The molecule has 0 bridgehead atoms. The van der Waals surface area contributed by atoms with Crippen LogP contribution in [0.25, 0.3) is 0 Å². The highest BCUT2D eigenvalue weighted by atomic mass is 16.1. The van der Waals surface area contributed by atoms with Crippen molar-refractivity contribution in [3.8, 4) is 0 Å². The Kier molecular flexibility index (Phi) is 3.73. The highest BCUT2D eigenvalue weighted by molar-refractivity contribution is 5.78. The number of hydrogen-bond donors (Lipinski definition) is 0. The molecule has 0 N–H and O–H groups in total.